The van der Waals surface area contributed by atoms with Crippen molar-refractivity contribution in [2.45, 2.75) is 56.8 Å². The van der Waals surface area contributed by atoms with E-state index in [2.05, 4.69) is 142 Å². The molecule has 0 saturated carbocycles. The lowest BCUT2D eigenvalue weighted by molar-refractivity contribution is 0.350. The molecule has 6 aromatic rings. The van der Waals surface area contributed by atoms with E-state index in [0.29, 0.717) is 0 Å². The Balaban J connectivity index is 1.38. The normalized spacial score (nSPS) is 20.0. The zero-order chi connectivity index (χ0) is 28.0. The molecule has 0 saturated heterocycles. The summed E-state index contributed by atoms with van der Waals surface area (Å²) < 4.78 is 6.36. The highest BCUT2D eigenvalue weighted by atomic mass is 16.3. The summed E-state index contributed by atoms with van der Waals surface area (Å²) in [6.45, 7) is 9.75. The van der Waals surface area contributed by atoms with Gasteiger partial charge in [0.05, 0.1) is 5.69 Å². The van der Waals surface area contributed by atoms with Crippen LogP contribution in [0, 0.1) is 0 Å². The van der Waals surface area contributed by atoms with Crippen molar-refractivity contribution in [1.29, 1.82) is 0 Å². The second-order valence-electron chi connectivity index (χ2n) is 13.4. The molecule has 0 bridgehead atoms. The summed E-state index contributed by atoms with van der Waals surface area (Å²) in [4.78, 5) is 2.44. The smallest absolute Gasteiger partial charge is 0.137 e. The molecule has 1 aromatic heterocycles. The van der Waals surface area contributed by atoms with Gasteiger partial charge in [-0.15, -0.1) is 0 Å². The number of anilines is 3. The van der Waals surface area contributed by atoms with E-state index < -0.39 is 0 Å². The van der Waals surface area contributed by atoms with Gasteiger partial charge in [0.15, 0.2) is 0 Å². The molecule has 0 radical (unpaired) electrons. The van der Waals surface area contributed by atoms with Gasteiger partial charge >= 0.3 is 0 Å². The van der Waals surface area contributed by atoms with Crippen LogP contribution in [-0.4, -0.2) is 0 Å². The molecule has 1 atom stereocenters. The fourth-order valence-electron chi connectivity index (χ4n) is 8.47. The fraction of sp³-hybridized carbons (Fsp3) is 0.231. The van der Waals surface area contributed by atoms with Crippen molar-refractivity contribution < 1.29 is 4.42 Å². The summed E-state index contributed by atoms with van der Waals surface area (Å²) >= 11 is 0. The average Bonchev–Trinajstić information content (AvgIpc) is 3.54. The van der Waals surface area contributed by atoms with Crippen LogP contribution in [0.25, 0.3) is 21.9 Å². The van der Waals surface area contributed by atoms with Gasteiger partial charge in [-0.05, 0) is 82.3 Å². The maximum Gasteiger partial charge on any atom is 0.137 e. The van der Waals surface area contributed by atoms with Crippen LogP contribution in [-0.2, 0) is 16.2 Å². The Hall–Kier alpha value is -4.30. The number of hydrogen-bond acceptors (Lipinski definition) is 2. The second kappa shape index (κ2) is 8.36. The van der Waals surface area contributed by atoms with Crippen molar-refractivity contribution in [3.05, 3.63) is 138 Å². The third-order valence-corrected chi connectivity index (χ3v) is 9.77. The van der Waals surface area contributed by atoms with Crippen molar-refractivity contribution in [3.8, 4) is 0 Å². The Morgan fingerprint density at radius 3 is 2.02 bits per heavy atom. The predicted molar refractivity (Wildman–Crippen MR) is 171 cm³/mol. The first-order valence-corrected chi connectivity index (χ1v) is 14.8. The Bertz CT molecular complexity index is 1960. The zero-order valence-corrected chi connectivity index (χ0v) is 24.2. The van der Waals surface area contributed by atoms with E-state index in [-0.39, 0.29) is 16.2 Å². The molecule has 0 aliphatic heterocycles. The van der Waals surface area contributed by atoms with Crippen molar-refractivity contribution in [2.75, 3.05) is 4.90 Å². The SMILES string of the molecule is CC1(C)CC2(CC(C)(C)c3c(N(c4ccccc4)c4ccc5c(c4)oc4ccccc45)cccc32)c2ccccc21. The number of hydrogen-bond donors (Lipinski definition) is 0. The molecule has 202 valence electrons. The lowest BCUT2D eigenvalue weighted by atomic mass is 9.72. The lowest BCUT2D eigenvalue weighted by Crippen LogP contribution is -2.26. The predicted octanol–water partition coefficient (Wildman–Crippen LogP) is 10.7. The van der Waals surface area contributed by atoms with Crippen molar-refractivity contribution in [3.63, 3.8) is 0 Å². The van der Waals surface area contributed by atoms with Crippen LogP contribution in [0.15, 0.2) is 120 Å². The minimum Gasteiger partial charge on any atom is -0.456 e. The third-order valence-electron chi connectivity index (χ3n) is 9.77. The molecule has 0 amide bonds. The summed E-state index contributed by atoms with van der Waals surface area (Å²) in [6, 6.07) is 42.0. The van der Waals surface area contributed by atoms with E-state index in [1.807, 2.05) is 6.07 Å². The molecule has 0 fully saturated rings. The Labute approximate surface area is 242 Å². The molecule has 2 aliphatic carbocycles. The van der Waals surface area contributed by atoms with Crippen molar-refractivity contribution in [1.82, 2.24) is 0 Å². The van der Waals surface area contributed by atoms with E-state index in [0.717, 1.165) is 46.2 Å². The summed E-state index contributed by atoms with van der Waals surface area (Å²) in [5.74, 6) is 0. The standard InChI is InChI=1S/C39H35NO/c1-37(2)24-39(31-17-10-9-16-30(31)37)25-38(3,4)36-32(39)18-12-19-33(36)40(26-13-6-5-7-14-26)27-21-22-29-28-15-8-11-20-34(28)41-35(29)23-27/h5-23H,24-25H2,1-4H3. The van der Waals surface area contributed by atoms with Gasteiger partial charge in [0.2, 0.25) is 0 Å². The van der Waals surface area contributed by atoms with Gasteiger partial charge in [0, 0.05) is 33.6 Å². The number of furan rings is 1. The van der Waals surface area contributed by atoms with E-state index in [1.165, 1.54) is 27.9 Å². The number of para-hydroxylation sites is 2. The van der Waals surface area contributed by atoms with E-state index in [1.54, 1.807) is 0 Å². The fourth-order valence-corrected chi connectivity index (χ4v) is 8.47. The average molecular weight is 534 g/mol. The summed E-state index contributed by atoms with van der Waals surface area (Å²) in [7, 11) is 0. The van der Waals surface area contributed by atoms with Crippen LogP contribution in [0.1, 0.15) is 62.8 Å². The summed E-state index contributed by atoms with van der Waals surface area (Å²) in [5, 5.41) is 2.31. The molecule has 2 aliphatic rings. The van der Waals surface area contributed by atoms with Gasteiger partial charge in [-0.3, -0.25) is 0 Å². The first-order valence-electron chi connectivity index (χ1n) is 14.8. The Morgan fingerprint density at radius 1 is 0.537 bits per heavy atom. The van der Waals surface area contributed by atoms with E-state index in [4.69, 9.17) is 4.42 Å². The molecule has 1 heterocycles. The summed E-state index contributed by atoms with van der Waals surface area (Å²) in [6.07, 6.45) is 2.24. The molecular weight excluding hydrogens is 498 g/mol. The topological polar surface area (TPSA) is 16.4 Å². The molecule has 8 rings (SSSR count). The zero-order valence-electron chi connectivity index (χ0n) is 24.2. The Morgan fingerprint density at radius 2 is 1.20 bits per heavy atom. The Kier molecular flexibility index (Phi) is 5.00. The van der Waals surface area contributed by atoms with Gasteiger partial charge in [0.25, 0.3) is 0 Å². The monoisotopic (exact) mass is 533 g/mol. The van der Waals surface area contributed by atoms with Crippen molar-refractivity contribution >= 4 is 39.0 Å². The van der Waals surface area contributed by atoms with Gasteiger partial charge < -0.3 is 9.32 Å². The second-order valence-corrected chi connectivity index (χ2v) is 13.4. The van der Waals surface area contributed by atoms with Crippen LogP contribution in [0.3, 0.4) is 0 Å². The maximum atomic E-state index is 6.36. The van der Waals surface area contributed by atoms with Gasteiger partial charge in [-0.25, -0.2) is 0 Å². The maximum absolute atomic E-state index is 6.36. The minimum absolute atomic E-state index is 0.00402. The number of fused-ring (bicyclic) bond motifs is 7. The highest BCUT2D eigenvalue weighted by Gasteiger charge is 2.56. The summed E-state index contributed by atoms with van der Waals surface area (Å²) in [5.41, 5.74) is 11.5. The molecule has 1 unspecified atom stereocenters. The van der Waals surface area contributed by atoms with Gasteiger partial charge in [-0.1, -0.05) is 100 Å². The molecule has 41 heavy (non-hydrogen) atoms. The van der Waals surface area contributed by atoms with Crippen LogP contribution in [0.2, 0.25) is 0 Å². The van der Waals surface area contributed by atoms with Crippen molar-refractivity contribution in [2.24, 2.45) is 0 Å². The molecule has 0 N–H and O–H groups in total. The molecule has 2 heteroatoms. The highest BCUT2D eigenvalue weighted by molar-refractivity contribution is 6.06. The number of rotatable bonds is 3. The van der Waals surface area contributed by atoms with Crippen LogP contribution in [0.5, 0.6) is 0 Å². The molecule has 1 spiro atoms. The first kappa shape index (κ1) is 24.5. The quantitative estimate of drug-likeness (QED) is 0.225. The molecular formula is C39H35NO. The third kappa shape index (κ3) is 3.43. The van der Waals surface area contributed by atoms with Crippen LogP contribution < -0.4 is 4.90 Å². The first-order chi connectivity index (χ1) is 19.8. The number of nitrogens with zero attached hydrogens (tertiary/aromatic N) is 1. The van der Waals surface area contributed by atoms with Crippen LogP contribution in [0.4, 0.5) is 17.1 Å². The van der Waals surface area contributed by atoms with E-state index >= 15 is 0 Å². The largest absolute Gasteiger partial charge is 0.456 e. The van der Waals surface area contributed by atoms with E-state index in [9.17, 15) is 0 Å². The lowest BCUT2D eigenvalue weighted by Gasteiger charge is -2.31. The minimum atomic E-state index is -0.00402. The molecule has 2 nitrogen and oxygen atoms in total. The number of benzene rings is 5. The van der Waals surface area contributed by atoms with Gasteiger partial charge in [0.1, 0.15) is 11.2 Å². The van der Waals surface area contributed by atoms with Gasteiger partial charge in [-0.2, -0.15) is 0 Å². The highest BCUT2D eigenvalue weighted by Crippen LogP contribution is 2.64. The molecule has 5 aromatic carbocycles. The van der Waals surface area contributed by atoms with Crippen LogP contribution >= 0.6 is 0 Å².